The third-order valence-corrected chi connectivity index (χ3v) is 5.25. The third-order valence-electron chi connectivity index (χ3n) is 4.57. The van der Waals surface area contributed by atoms with Crippen LogP contribution in [0.1, 0.15) is 24.8 Å². The molecular weight excluding hydrogens is 386 g/mol. The summed E-state index contributed by atoms with van der Waals surface area (Å²) in [5.74, 6) is 4.21. The van der Waals surface area contributed by atoms with E-state index in [9.17, 15) is 4.55 Å². The first-order chi connectivity index (χ1) is 14.2. The molecule has 0 bridgehead atoms. The second-order valence-corrected chi connectivity index (χ2v) is 7.64. The maximum atomic E-state index is 11.4. The minimum absolute atomic E-state index is 0.303. The molecular formula is C21H27N5O2S. The maximum absolute atomic E-state index is 11.4. The molecule has 0 saturated carbocycles. The summed E-state index contributed by atoms with van der Waals surface area (Å²) in [6.07, 6.45) is 13.0. The van der Waals surface area contributed by atoms with Gasteiger partial charge in [0.15, 0.2) is 11.1 Å². The van der Waals surface area contributed by atoms with Crippen molar-refractivity contribution in [3.63, 3.8) is 0 Å². The van der Waals surface area contributed by atoms with E-state index < -0.39 is 11.1 Å². The van der Waals surface area contributed by atoms with E-state index in [4.69, 9.17) is 11.2 Å². The van der Waals surface area contributed by atoms with Gasteiger partial charge < -0.3 is 19.9 Å². The van der Waals surface area contributed by atoms with Gasteiger partial charge in [-0.25, -0.2) is 0 Å². The molecule has 1 fully saturated rings. The zero-order valence-electron chi connectivity index (χ0n) is 16.5. The molecule has 0 radical (unpaired) electrons. The first-order valence-electron chi connectivity index (χ1n) is 9.84. The number of nitrogens with one attached hydrogen (secondary N) is 2. The fraction of sp³-hybridized carbons (Fsp3) is 0.429. The van der Waals surface area contributed by atoms with Gasteiger partial charge in [0.05, 0.1) is 6.54 Å². The topological polar surface area (TPSA) is 85.4 Å². The lowest BCUT2D eigenvalue weighted by molar-refractivity contribution is 0.220. The van der Waals surface area contributed by atoms with Gasteiger partial charge in [-0.1, -0.05) is 30.6 Å². The molecule has 1 aromatic heterocycles. The van der Waals surface area contributed by atoms with Crippen LogP contribution in [-0.4, -0.2) is 51.0 Å². The van der Waals surface area contributed by atoms with Crippen LogP contribution in [0.25, 0.3) is 0 Å². The van der Waals surface area contributed by atoms with Gasteiger partial charge in [-0.05, 0) is 49.7 Å². The number of ether oxygens (including phenoxy) is 1. The van der Waals surface area contributed by atoms with E-state index in [1.165, 1.54) is 37.9 Å². The highest BCUT2D eigenvalue weighted by Crippen LogP contribution is 2.22. The fourth-order valence-corrected chi connectivity index (χ4v) is 3.85. The first kappa shape index (κ1) is 21.1. The molecule has 1 aromatic carbocycles. The molecule has 29 heavy (non-hydrogen) atoms. The second kappa shape index (κ2) is 11.4. The van der Waals surface area contributed by atoms with Crippen LogP contribution in [0.5, 0.6) is 5.75 Å². The summed E-state index contributed by atoms with van der Waals surface area (Å²) >= 11 is -1.60. The van der Waals surface area contributed by atoms with Crippen LogP contribution in [0.3, 0.4) is 0 Å². The molecule has 8 heteroatoms. The smallest absolute Gasteiger partial charge is 0.233 e. The van der Waals surface area contributed by atoms with Gasteiger partial charge in [0.1, 0.15) is 12.4 Å². The predicted molar refractivity (Wildman–Crippen MR) is 117 cm³/mol. The van der Waals surface area contributed by atoms with Crippen molar-refractivity contribution >= 4 is 22.8 Å². The van der Waals surface area contributed by atoms with E-state index in [1.807, 2.05) is 24.3 Å². The first-order valence-corrected chi connectivity index (χ1v) is 10.9. The Labute approximate surface area is 175 Å². The monoisotopic (exact) mass is 413 g/mol. The van der Waals surface area contributed by atoms with Gasteiger partial charge in [0.2, 0.25) is 11.6 Å². The molecule has 1 aliphatic rings. The molecule has 7 nitrogen and oxygen atoms in total. The summed E-state index contributed by atoms with van der Waals surface area (Å²) in [6.45, 7) is 4.65. The number of likely N-dealkylation sites (tertiary alicyclic amines) is 1. The maximum Gasteiger partial charge on any atom is 0.233 e. The molecule has 1 aliphatic heterocycles. The zero-order chi connectivity index (χ0) is 20.3. The Morgan fingerprint density at radius 1 is 1.17 bits per heavy atom. The summed E-state index contributed by atoms with van der Waals surface area (Å²) in [5, 5.41) is 5.97. The molecule has 1 saturated heterocycles. The van der Waals surface area contributed by atoms with Crippen molar-refractivity contribution in [2.24, 2.45) is 0 Å². The summed E-state index contributed by atoms with van der Waals surface area (Å²) in [4.78, 5) is 2.50. The van der Waals surface area contributed by atoms with E-state index in [0.717, 1.165) is 12.3 Å². The van der Waals surface area contributed by atoms with Gasteiger partial charge in [-0.2, -0.15) is 0 Å². The Morgan fingerprint density at radius 3 is 2.76 bits per heavy atom. The van der Waals surface area contributed by atoms with Gasteiger partial charge in [0.25, 0.3) is 0 Å². The van der Waals surface area contributed by atoms with E-state index in [-0.39, 0.29) is 0 Å². The highest BCUT2D eigenvalue weighted by atomic mass is 32.2. The molecule has 3 rings (SSSR count). The molecule has 1 atom stereocenters. The highest BCUT2D eigenvalue weighted by Gasteiger charge is 2.14. The van der Waals surface area contributed by atoms with Crippen LogP contribution in [0, 0.1) is 12.3 Å². The van der Waals surface area contributed by atoms with Gasteiger partial charge in [-0.3, -0.25) is 4.90 Å². The molecule has 0 aliphatic carbocycles. The van der Waals surface area contributed by atoms with E-state index in [0.29, 0.717) is 31.3 Å². The molecule has 2 aromatic rings. The standard InChI is InChI=1S/C21H27N5O2S/c1-2-11-22-20-21(25-29(27)24-20)23-12-4-7-15-28-19-10-8-9-18(16-19)17-26-13-5-3-6-14-26/h1,4,7-10,16H,3,5-6,11-15,17H2,(H,22,24)(H,23,25)/b7-4+. The van der Waals surface area contributed by atoms with Crippen LogP contribution in [0.15, 0.2) is 36.4 Å². The Balaban J connectivity index is 1.40. The number of nitrogens with zero attached hydrogens (tertiary/aromatic N) is 3. The molecule has 154 valence electrons. The number of hydrogen-bond donors (Lipinski definition) is 2. The predicted octanol–water partition coefficient (Wildman–Crippen LogP) is 3.28. The number of benzene rings is 1. The molecule has 2 N–H and O–H groups in total. The lowest BCUT2D eigenvalue weighted by atomic mass is 10.1. The van der Waals surface area contributed by atoms with Crippen molar-refractivity contribution < 1.29 is 9.29 Å². The van der Waals surface area contributed by atoms with Crippen LogP contribution in [0.2, 0.25) is 0 Å². The number of anilines is 2. The van der Waals surface area contributed by atoms with Crippen molar-refractivity contribution in [2.75, 3.05) is 43.4 Å². The van der Waals surface area contributed by atoms with Gasteiger partial charge >= 0.3 is 0 Å². The Hall–Kier alpha value is -2.60. The van der Waals surface area contributed by atoms with Crippen molar-refractivity contribution in [1.82, 2.24) is 13.6 Å². The van der Waals surface area contributed by atoms with Crippen LogP contribution in [0.4, 0.5) is 11.6 Å². The highest BCUT2D eigenvalue weighted by molar-refractivity contribution is 7.14. The second-order valence-electron chi connectivity index (χ2n) is 6.82. The van der Waals surface area contributed by atoms with Gasteiger partial charge in [0, 0.05) is 21.8 Å². The van der Waals surface area contributed by atoms with Crippen molar-refractivity contribution in [3.8, 4) is 18.1 Å². The zero-order valence-corrected chi connectivity index (χ0v) is 17.3. The number of hydrogen-bond acceptors (Lipinski definition) is 7. The lowest BCUT2D eigenvalue weighted by Gasteiger charge is -2.26. The quantitative estimate of drug-likeness (QED) is 0.351. The molecule has 0 spiro atoms. The normalized spacial score (nSPS) is 15.2. The number of piperidine rings is 1. The Kier molecular flexibility index (Phi) is 8.31. The van der Waals surface area contributed by atoms with Gasteiger partial charge in [-0.15, -0.1) is 6.42 Å². The third kappa shape index (κ3) is 7.06. The minimum Gasteiger partial charge on any atom is -0.546 e. The van der Waals surface area contributed by atoms with Crippen LogP contribution in [-0.2, 0) is 6.54 Å². The number of aromatic nitrogens is 2. The molecule has 2 heterocycles. The Morgan fingerprint density at radius 2 is 1.97 bits per heavy atom. The summed E-state index contributed by atoms with van der Waals surface area (Å²) in [6, 6.07) is 8.29. The SMILES string of the molecule is C#CCNc1n[s+]([O-])nc1NC/C=C/COc1cccc(CN2CCCCC2)c1. The summed E-state index contributed by atoms with van der Waals surface area (Å²) < 4.78 is 25.1. The van der Waals surface area contributed by atoms with E-state index in [1.54, 1.807) is 0 Å². The molecule has 0 amide bonds. The van der Waals surface area contributed by atoms with Crippen molar-refractivity contribution in [3.05, 3.63) is 42.0 Å². The van der Waals surface area contributed by atoms with Crippen molar-refractivity contribution in [2.45, 2.75) is 25.8 Å². The minimum atomic E-state index is -1.60. The van der Waals surface area contributed by atoms with E-state index in [2.05, 4.69) is 42.3 Å². The Bertz CT molecular complexity index is 840. The lowest BCUT2D eigenvalue weighted by Crippen LogP contribution is -2.29. The summed E-state index contributed by atoms with van der Waals surface area (Å²) in [7, 11) is 0. The average molecular weight is 414 g/mol. The fourth-order valence-electron chi connectivity index (χ4n) is 3.19. The van der Waals surface area contributed by atoms with Crippen LogP contribution >= 0.6 is 11.1 Å². The average Bonchev–Trinajstić information content (AvgIpc) is 3.09. The number of terminal acetylenes is 1. The largest absolute Gasteiger partial charge is 0.546 e. The van der Waals surface area contributed by atoms with Crippen LogP contribution < -0.4 is 15.4 Å². The van der Waals surface area contributed by atoms with E-state index >= 15 is 0 Å². The number of rotatable bonds is 10. The van der Waals surface area contributed by atoms with Crippen molar-refractivity contribution in [1.29, 1.82) is 0 Å². The summed E-state index contributed by atoms with van der Waals surface area (Å²) in [5.41, 5.74) is 1.29. The molecule has 1 unspecified atom stereocenters.